The summed E-state index contributed by atoms with van der Waals surface area (Å²) in [6.07, 6.45) is 0. The van der Waals surface area contributed by atoms with Crippen molar-refractivity contribution in [3.63, 3.8) is 0 Å². The molecule has 0 aliphatic heterocycles. The van der Waals surface area contributed by atoms with Gasteiger partial charge < -0.3 is 10.2 Å². The van der Waals surface area contributed by atoms with Gasteiger partial charge in [-0.05, 0) is 38.1 Å². The van der Waals surface area contributed by atoms with Crippen LogP contribution in [0.4, 0.5) is 4.39 Å². The van der Waals surface area contributed by atoms with Gasteiger partial charge in [-0.2, -0.15) is 0 Å². The molecule has 0 bridgehead atoms. The molecule has 0 fully saturated rings. The molecule has 16 heavy (non-hydrogen) atoms. The summed E-state index contributed by atoms with van der Waals surface area (Å²) in [4.78, 5) is 16.2. The summed E-state index contributed by atoms with van der Waals surface area (Å²) in [5, 5.41) is 2.73. The Balaban J connectivity index is 2.69. The lowest BCUT2D eigenvalue weighted by Crippen LogP contribution is -2.47. The zero-order valence-corrected chi connectivity index (χ0v) is 9.29. The van der Waals surface area contributed by atoms with Gasteiger partial charge in [0.2, 0.25) is 0 Å². The van der Waals surface area contributed by atoms with Crippen LogP contribution in [-0.4, -0.2) is 18.1 Å². The number of halogens is 1. The van der Waals surface area contributed by atoms with E-state index >= 15 is 0 Å². The summed E-state index contributed by atoms with van der Waals surface area (Å²) in [7, 11) is 0. The number of nitrogens with two attached hydrogens (primary N) is 1. The van der Waals surface area contributed by atoms with E-state index in [1.54, 1.807) is 13.8 Å². The SMILES string of the molecule is CC(C)(CON)NC(=O)c1ccc(F)cc1. The van der Waals surface area contributed by atoms with Crippen molar-refractivity contribution in [2.24, 2.45) is 5.90 Å². The van der Waals surface area contributed by atoms with E-state index in [-0.39, 0.29) is 18.3 Å². The van der Waals surface area contributed by atoms with Crippen LogP contribution in [0.3, 0.4) is 0 Å². The van der Waals surface area contributed by atoms with Gasteiger partial charge in [0.25, 0.3) is 5.91 Å². The summed E-state index contributed by atoms with van der Waals surface area (Å²) in [6.45, 7) is 3.75. The first kappa shape index (κ1) is 12.6. The molecule has 0 atom stereocenters. The number of amides is 1. The Bertz CT molecular complexity index is 363. The number of hydrogen-bond acceptors (Lipinski definition) is 3. The van der Waals surface area contributed by atoms with E-state index in [1.165, 1.54) is 24.3 Å². The quantitative estimate of drug-likeness (QED) is 0.759. The second kappa shape index (κ2) is 5.05. The summed E-state index contributed by atoms with van der Waals surface area (Å²) in [6, 6.07) is 5.32. The Morgan fingerprint density at radius 1 is 1.44 bits per heavy atom. The van der Waals surface area contributed by atoms with Crippen LogP contribution in [0.5, 0.6) is 0 Å². The standard InChI is InChI=1S/C11H15FN2O2/c1-11(2,7-16-13)14-10(15)8-3-5-9(12)6-4-8/h3-6H,7,13H2,1-2H3,(H,14,15). The Morgan fingerprint density at radius 3 is 2.50 bits per heavy atom. The van der Waals surface area contributed by atoms with Crippen LogP contribution in [-0.2, 0) is 4.84 Å². The zero-order chi connectivity index (χ0) is 12.2. The molecule has 1 aromatic rings. The molecule has 0 unspecified atom stereocenters. The molecule has 0 radical (unpaired) electrons. The number of benzene rings is 1. The fourth-order valence-electron chi connectivity index (χ4n) is 1.23. The van der Waals surface area contributed by atoms with Crippen molar-refractivity contribution in [2.45, 2.75) is 19.4 Å². The van der Waals surface area contributed by atoms with Crippen LogP contribution in [0.15, 0.2) is 24.3 Å². The van der Waals surface area contributed by atoms with E-state index in [4.69, 9.17) is 5.90 Å². The molecule has 0 aromatic heterocycles. The first-order valence-electron chi connectivity index (χ1n) is 4.84. The molecule has 0 spiro atoms. The molecular weight excluding hydrogens is 211 g/mol. The van der Waals surface area contributed by atoms with Crippen LogP contribution in [0, 0.1) is 5.82 Å². The van der Waals surface area contributed by atoms with Gasteiger partial charge in [-0.25, -0.2) is 10.3 Å². The number of hydrogen-bond donors (Lipinski definition) is 2. The molecule has 4 nitrogen and oxygen atoms in total. The number of nitrogens with one attached hydrogen (secondary N) is 1. The molecule has 1 aromatic carbocycles. The fraction of sp³-hybridized carbons (Fsp3) is 0.364. The Labute approximate surface area is 93.5 Å². The second-order valence-electron chi connectivity index (χ2n) is 4.16. The van der Waals surface area contributed by atoms with Gasteiger partial charge in [0, 0.05) is 5.56 Å². The maximum Gasteiger partial charge on any atom is 0.251 e. The van der Waals surface area contributed by atoms with Gasteiger partial charge in [-0.15, -0.1) is 0 Å². The first-order valence-corrected chi connectivity index (χ1v) is 4.84. The van der Waals surface area contributed by atoms with Crippen molar-refractivity contribution in [1.82, 2.24) is 5.32 Å². The molecule has 5 heteroatoms. The molecule has 0 aliphatic carbocycles. The third-order valence-electron chi connectivity index (χ3n) is 2.00. The van der Waals surface area contributed by atoms with Crippen molar-refractivity contribution >= 4 is 5.91 Å². The number of carbonyl (C=O) groups excluding carboxylic acids is 1. The average Bonchev–Trinajstić information content (AvgIpc) is 2.17. The van der Waals surface area contributed by atoms with Crippen molar-refractivity contribution in [1.29, 1.82) is 0 Å². The lowest BCUT2D eigenvalue weighted by Gasteiger charge is -2.24. The molecule has 0 heterocycles. The predicted molar refractivity (Wildman–Crippen MR) is 58.1 cm³/mol. The molecule has 0 saturated heterocycles. The highest BCUT2D eigenvalue weighted by atomic mass is 19.1. The van der Waals surface area contributed by atoms with Crippen molar-refractivity contribution < 1.29 is 14.0 Å². The van der Waals surface area contributed by atoms with E-state index in [1.807, 2.05) is 0 Å². The summed E-state index contributed by atoms with van der Waals surface area (Å²) in [5.74, 6) is 4.28. The molecule has 88 valence electrons. The topological polar surface area (TPSA) is 64.3 Å². The van der Waals surface area contributed by atoms with Crippen molar-refractivity contribution in [2.75, 3.05) is 6.61 Å². The first-order chi connectivity index (χ1) is 7.44. The zero-order valence-electron chi connectivity index (χ0n) is 9.29. The Morgan fingerprint density at radius 2 is 2.00 bits per heavy atom. The average molecular weight is 226 g/mol. The minimum atomic E-state index is -0.569. The Hall–Kier alpha value is -1.46. The molecular formula is C11H15FN2O2. The molecule has 1 amide bonds. The lowest BCUT2D eigenvalue weighted by atomic mass is 10.1. The van der Waals surface area contributed by atoms with Gasteiger partial charge >= 0.3 is 0 Å². The largest absolute Gasteiger partial charge is 0.345 e. The molecule has 3 N–H and O–H groups in total. The van der Waals surface area contributed by atoms with Crippen LogP contribution in [0.25, 0.3) is 0 Å². The van der Waals surface area contributed by atoms with Crippen LogP contribution in [0.1, 0.15) is 24.2 Å². The molecule has 0 saturated carbocycles. The van der Waals surface area contributed by atoms with Gasteiger partial charge in [-0.3, -0.25) is 4.79 Å². The minimum absolute atomic E-state index is 0.194. The van der Waals surface area contributed by atoms with Crippen molar-refractivity contribution in [3.05, 3.63) is 35.6 Å². The fourth-order valence-corrected chi connectivity index (χ4v) is 1.23. The number of rotatable bonds is 4. The monoisotopic (exact) mass is 226 g/mol. The van der Waals surface area contributed by atoms with Crippen molar-refractivity contribution in [3.8, 4) is 0 Å². The summed E-state index contributed by atoms with van der Waals surface area (Å²) >= 11 is 0. The predicted octanol–water partition coefficient (Wildman–Crippen LogP) is 1.22. The highest BCUT2D eigenvalue weighted by Gasteiger charge is 2.21. The highest BCUT2D eigenvalue weighted by Crippen LogP contribution is 2.07. The maximum absolute atomic E-state index is 12.6. The lowest BCUT2D eigenvalue weighted by molar-refractivity contribution is 0.0687. The van der Waals surface area contributed by atoms with E-state index in [9.17, 15) is 9.18 Å². The summed E-state index contributed by atoms with van der Waals surface area (Å²) < 4.78 is 12.6. The maximum atomic E-state index is 12.6. The van der Waals surface area contributed by atoms with E-state index < -0.39 is 5.54 Å². The van der Waals surface area contributed by atoms with Crippen LogP contribution >= 0.6 is 0 Å². The van der Waals surface area contributed by atoms with Crippen LogP contribution in [0.2, 0.25) is 0 Å². The summed E-state index contributed by atoms with van der Waals surface area (Å²) in [5.41, 5.74) is -0.174. The number of carbonyl (C=O) groups is 1. The van der Waals surface area contributed by atoms with E-state index in [0.29, 0.717) is 5.56 Å². The van der Waals surface area contributed by atoms with Gasteiger partial charge in [-0.1, -0.05) is 0 Å². The van der Waals surface area contributed by atoms with E-state index in [0.717, 1.165) is 0 Å². The third-order valence-corrected chi connectivity index (χ3v) is 2.00. The van der Waals surface area contributed by atoms with Crippen LogP contribution < -0.4 is 11.2 Å². The van der Waals surface area contributed by atoms with Gasteiger partial charge in [0.15, 0.2) is 0 Å². The molecule has 1 rings (SSSR count). The minimum Gasteiger partial charge on any atom is -0.345 e. The highest BCUT2D eigenvalue weighted by molar-refractivity contribution is 5.94. The van der Waals surface area contributed by atoms with Gasteiger partial charge in [0.05, 0.1) is 12.1 Å². The van der Waals surface area contributed by atoms with E-state index in [2.05, 4.69) is 10.2 Å². The smallest absolute Gasteiger partial charge is 0.251 e. The van der Waals surface area contributed by atoms with Gasteiger partial charge in [0.1, 0.15) is 5.82 Å². The second-order valence-corrected chi connectivity index (χ2v) is 4.16. The Kier molecular flexibility index (Phi) is 3.98. The third kappa shape index (κ3) is 3.60. The normalized spacial score (nSPS) is 11.2. The molecule has 0 aliphatic rings.